The van der Waals surface area contributed by atoms with Crippen LogP contribution in [0.5, 0.6) is 0 Å². The number of rotatable bonds is 3. The largest absolute Gasteiger partial charge is 0.398 e. The average molecular weight is 295 g/mol. The van der Waals surface area contributed by atoms with E-state index in [1.165, 1.54) is 12.8 Å². The molecule has 0 aliphatic carbocycles. The molecule has 0 unspecified atom stereocenters. The van der Waals surface area contributed by atoms with Gasteiger partial charge in [-0.25, -0.2) is 0 Å². The predicted molar refractivity (Wildman–Crippen MR) is 84.0 cm³/mol. The molecule has 0 aromatic heterocycles. The van der Waals surface area contributed by atoms with Gasteiger partial charge in [0.1, 0.15) is 0 Å². The monoisotopic (exact) mass is 294 g/mol. The summed E-state index contributed by atoms with van der Waals surface area (Å²) >= 11 is 6.13. The summed E-state index contributed by atoms with van der Waals surface area (Å²) in [5.41, 5.74) is 7.22. The number of carbonyl (C=O) groups is 1. The first kappa shape index (κ1) is 15.2. The van der Waals surface area contributed by atoms with Gasteiger partial charge in [0.25, 0.3) is 5.91 Å². The first-order valence-corrected chi connectivity index (χ1v) is 7.74. The summed E-state index contributed by atoms with van der Waals surface area (Å²) in [6, 6.07) is 5.22. The zero-order chi connectivity index (χ0) is 14.8. The number of amides is 1. The molecule has 20 heavy (non-hydrogen) atoms. The second-order valence-corrected chi connectivity index (χ2v) is 6.11. The molecule has 0 bridgehead atoms. The molecule has 1 aliphatic rings. The molecule has 0 atom stereocenters. The van der Waals surface area contributed by atoms with Gasteiger partial charge in [-0.05, 0) is 30.4 Å². The summed E-state index contributed by atoms with van der Waals surface area (Å²) < 4.78 is 0. The first-order valence-electron chi connectivity index (χ1n) is 7.36. The lowest BCUT2D eigenvalue weighted by molar-refractivity contribution is 0.0559. The number of anilines is 1. The highest BCUT2D eigenvalue weighted by Gasteiger charge is 2.33. The smallest absolute Gasteiger partial charge is 0.257 e. The Bertz CT molecular complexity index is 467. The van der Waals surface area contributed by atoms with Crippen molar-refractivity contribution in [3.63, 3.8) is 0 Å². The topological polar surface area (TPSA) is 46.3 Å². The number of piperidine rings is 1. The zero-order valence-corrected chi connectivity index (χ0v) is 13.0. The van der Waals surface area contributed by atoms with Crippen molar-refractivity contribution in [1.29, 1.82) is 0 Å². The maximum absolute atomic E-state index is 12.6. The molecule has 1 amide bonds. The van der Waals surface area contributed by atoms with Gasteiger partial charge in [-0.15, -0.1) is 0 Å². The molecule has 1 heterocycles. The molecule has 1 aliphatic heterocycles. The Balaban J connectivity index is 2.13. The maximum atomic E-state index is 12.6. The Kier molecular flexibility index (Phi) is 4.59. The molecule has 110 valence electrons. The van der Waals surface area contributed by atoms with E-state index in [1.54, 1.807) is 18.2 Å². The van der Waals surface area contributed by atoms with Gasteiger partial charge in [0.15, 0.2) is 0 Å². The van der Waals surface area contributed by atoms with E-state index in [0.29, 0.717) is 21.7 Å². The van der Waals surface area contributed by atoms with Crippen LogP contribution in [0.2, 0.25) is 5.02 Å². The fraction of sp³-hybridized carbons (Fsp3) is 0.562. The number of nitrogen functional groups attached to an aromatic ring is 1. The molecule has 1 fully saturated rings. The average Bonchev–Trinajstić information content (AvgIpc) is 2.47. The van der Waals surface area contributed by atoms with E-state index in [0.717, 1.165) is 25.9 Å². The van der Waals surface area contributed by atoms with Gasteiger partial charge in [0.05, 0.1) is 10.6 Å². The minimum atomic E-state index is -0.0334. The molecule has 1 aromatic rings. The van der Waals surface area contributed by atoms with Gasteiger partial charge in [0.2, 0.25) is 0 Å². The number of hydrogen-bond donors (Lipinski definition) is 1. The summed E-state index contributed by atoms with van der Waals surface area (Å²) in [6.07, 6.45) is 4.49. The van der Waals surface area contributed by atoms with Crippen LogP contribution in [-0.4, -0.2) is 23.9 Å². The van der Waals surface area contributed by atoms with Crippen molar-refractivity contribution in [3.05, 3.63) is 28.8 Å². The van der Waals surface area contributed by atoms with E-state index in [-0.39, 0.29) is 5.91 Å². The van der Waals surface area contributed by atoms with Gasteiger partial charge in [-0.2, -0.15) is 0 Å². The lowest BCUT2D eigenvalue weighted by Crippen LogP contribution is -2.43. The van der Waals surface area contributed by atoms with E-state index < -0.39 is 0 Å². The summed E-state index contributed by atoms with van der Waals surface area (Å²) in [5.74, 6) is -0.0334. The molecule has 0 radical (unpaired) electrons. The van der Waals surface area contributed by atoms with Crippen molar-refractivity contribution in [2.45, 2.75) is 39.5 Å². The van der Waals surface area contributed by atoms with Gasteiger partial charge < -0.3 is 10.6 Å². The van der Waals surface area contributed by atoms with Gasteiger partial charge in [-0.3, -0.25) is 4.79 Å². The molecule has 2 rings (SSSR count). The molecule has 3 nitrogen and oxygen atoms in total. The second-order valence-electron chi connectivity index (χ2n) is 5.70. The highest BCUT2D eigenvalue weighted by molar-refractivity contribution is 6.34. The quantitative estimate of drug-likeness (QED) is 0.858. The standard InChI is InChI=1S/C16H23ClN2O/c1-3-16(4-2)8-10-19(11-9-16)15(20)14-12(17)6-5-7-13(14)18/h5-7H,3-4,8-11,18H2,1-2H3. The SMILES string of the molecule is CCC1(CC)CCN(C(=O)c2c(N)cccc2Cl)CC1. The highest BCUT2D eigenvalue weighted by Crippen LogP contribution is 2.38. The van der Waals surface area contributed by atoms with Gasteiger partial charge in [-0.1, -0.05) is 44.4 Å². The van der Waals surface area contributed by atoms with Crippen LogP contribution in [-0.2, 0) is 0 Å². The minimum absolute atomic E-state index is 0.0334. The van der Waals surface area contributed by atoms with Gasteiger partial charge >= 0.3 is 0 Å². The van der Waals surface area contributed by atoms with Crippen molar-refractivity contribution in [1.82, 2.24) is 4.90 Å². The Labute approximate surface area is 126 Å². The van der Waals surface area contributed by atoms with Crippen molar-refractivity contribution in [2.24, 2.45) is 5.41 Å². The van der Waals surface area contributed by atoms with Crippen molar-refractivity contribution < 1.29 is 4.79 Å². The number of likely N-dealkylation sites (tertiary alicyclic amines) is 1. The van der Waals surface area contributed by atoms with E-state index >= 15 is 0 Å². The first-order chi connectivity index (χ1) is 9.53. The fourth-order valence-electron chi connectivity index (χ4n) is 3.07. The van der Waals surface area contributed by atoms with Crippen molar-refractivity contribution in [3.8, 4) is 0 Å². The van der Waals surface area contributed by atoms with E-state index in [1.807, 2.05) is 4.90 Å². The normalized spacial score (nSPS) is 18.1. The molecular weight excluding hydrogens is 272 g/mol. The fourth-order valence-corrected chi connectivity index (χ4v) is 3.33. The molecule has 4 heteroatoms. The summed E-state index contributed by atoms with van der Waals surface area (Å²) in [4.78, 5) is 14.5. The van der Waals surface area contributed by atoms with Crippen molar-refractivity contribution in [2.75, 3.05) is 18.8 Å². The van der Waals surface area contributed by atoms with Crippen LogP contribution in [0.3, 0.4) is 0 Å². The highest BCUT2D eigenvalue weighted by atomic mass is 35.5. The third-order valence-corrected chi connectivity index (χ3v) is 5.19. The summed E-state index contributed by atoms with van der Waals surface area (Å²) in [6.45, 7) is 6.08. The van der Waals surface area contributed by atoms with Crippen LogP contribution < -0.4 is 5.73 Å². The zero-order valence-electron chi connectivity index (χ0n) is 12.3. The van der Waals surface area contributed by atoms with Crippen LogP contribution in [0.15, 0.2) is 18.2 Å². The second kappa shape index (κ2) is 6.04. The van der Waals surface area contributed by atoms with Crippen LogP contribution >= 0.6 is 11.6 Å². The van der Waals surface area contributed by atoms with Crippen LogP contribution in [0.4, 0.5) is 5.69 Å². The molecule has 0 spiro atoms. The number of nitrogens with zero attached hydrogens (tertiary/aromatic N) is 1. The Morgan fingerprint density at radius 1 is 1.30 bits per heavy atom. The Hall–Kier alpha value is -1.22. The third kappa shape index (κ3) is 2.78. The molecular formula is C16H23ClN2O. The minimum Gasteiger partial charge on any atom is -0.398 e. The predicted octanol–water partition coefficient (Wildman–Crippen LogP) is 3.96. The molecule has 2 N–H and O–H groups in total. The lowest BCUT2D eigenvalue weighted by Gasteiger charge is -2.41. The number of nitrogens with two attached hydrogens (primary N) is 1. The number of benzene rings is 1. The number of carbonyl (C=O) groups excluding carboxylic acids is 1. The molecule has 1 aromatic carbocycles. The molecule has 1 saturated heterocycles. The van der Waals surface area contributed by atoms with Crippen molar-refractivity contribution >= 4 is 23.2 Å². The van der Waals surface area contributed by atoms with Crippen LogP contribution in [0, 0.1) is 5.41 Å². The Morgan fingerprint density at radius 2 is 1.90 bits per heavy atom. The number of halogens is 1. The molecule has 0 saturated carbocycles. The lowest BCUT2D eigenvalue weighted by atomic mass is 9.74. The maximum Gasteiger partial charge on any atom is 0.257 e. The number of hydrogen-bond acceptors (Lipinski definition) is 2. The van der Waals surface area contributed by atoms with E-state index in [2.05, 4.69) is 13.8 Å². The Morgan fingerprint density at radius 3 is 2.40 bits per heavy atom. The third-order valence-electron chi connectivity index (χ3n) is 4.87. The van der Waals surface area contributed by atoms with Gasteiger partial charge in [0, 0.05) is 18.8 Å². The summed E-state index contributed by atoms with van der Waals surface area (Å²) in [7, 11) is 0. The van der Waals surface area contributed by atoms with E-state index in [4.69, 9.17) is 17.3 Å². The van der Waals surface area contributed by atoms with Crippen LogP contribution in [0.1, 0.15) is 49.9 Å². The summed E-state index contributed by atoms with van der Waals surface area (Å²) in [5, 5.41) is 0.442. The van der Waals surface area contributed by atoms with Crippen LogP contribution in [0.25, 0.3) is 0 Å². The van der Waals surface area contributed by atoms with E-state index in [9.17, 15) is 4.79 Å².